The van der Waals surface area contributed by atoms with Gasteiger partial charge in [0.1, 0.15) is 12.2 Å². The summed E-state index contributed by atoms with van der Waals surface area (Å²) in [5.41, 5.74) is 4.80. The number of anilines is 1. The van der Waals surface area contributed by atoms with Gasteiger partial charge in [-0.3, -0.25) is 14.9 Å². The van der Waals surface area contributed by atoms with Crippen LogP contribution in [0.1, 0.15) is 34.7 Å². The van der Waals surface area contributed by atoms with Crippen molar-refractivity contribution < 1.29 is 23.9 Å². The molecular weight excluding hydrogens is 492 g/mol. The maximum absolute atomic E-state index is 13.3. The molecule has 0 spiro atoms. The standard InChI is InChI=1S/C29H27ClN2O5/c1-5-21-8-6-7-9-24(21)32-28(34)22(27(33)31-29(32)35)13-20-14-23(30)26(25(15-20)36-4)37-16-19-11-10-17(2)18(3)12-19/h6-15H,5,16H2,1-4H3,(H,31,33,35)/b22-13-. The number of para-hydroxylation sites is 1. The van der Waals surface area contributed by atoms with E-state index in [1.807, 2.05) is 51.1 Å². The molecule has 8 heteroatoms. The number of nitrogens with zero attached hydrogens (tertiary/aromatic N) is 1. The summed E-state index contributed by atoms with van der Waals surface area (Å²) in [6.45, 7) is 6.28. The number of amides is 4. The molecule has 37 heavy (non-hydrogen) atoms. The Morgan fingerprint density at radius 2 is 1.76 bits per heavy atom. The lowest BCUT2D eigenvalue weighted by Crippen LogP contribution is -2.54. The van der Waals surface area contributed by atoms with Crippen molar-refractivity contribution in [2.75, 3.05) is 12.0 Å². The summed E-state index contributed by atoms with van der Waals surface area (Å²) in [4.78, 5) is 39.5. The number of nitrogens with one attached hydrogen (secondary N) is 1. The van der Waals surface area contributed by atoms with E-state index in [-0.39, 0.29) is 17.2 Å². The topological polar surface area (TPSA) is 84.9 Å². The molecule has 1 aliphatic heterocycles. The quantitative estimate of drug-likeness (QED) is 0.317. The van der Waals surface area contributed by atoms with E-state index in [4.69, 9.17) is 21.1 Å². The number of urea groups is 1. The van der Waals surface area contributed by atoms with Crippen molar-refractivity contribution in [3.8, 4) is 11.5 Å². The average Bonchev–Trinajstić information content (AvgIpc) is 2.87. The van der Waals surface area contributed by atoms with Crippen LogP contribution in [-0.4, -0.2) is 25.0 Å². The Kier molecular flexibility index (Phi) is 7.64. The number of imide groups is 2. The lowest BCUT2D eigenvalue weighted by atomic mass is 10.0. The van der Waals surface area contributed by atoms with Crippen molar-refractivity contribution >= 4 is 41.2 Å². The van der Waals surface area contributed by atoms with Crippen LogP contribution in [0.2, 0.25) is 5.02 Å². The number of ether oxygens (including phenoxy) is 2. The molecule has 0 radical (unpaired) electrons. The highest BCUT2D eigenvalue weighted by atomic mass is 35.5. The number of rotatable bonds is 7. The van der Waals surface area contributed by atoms with Crippen molar-refractivity contribution in [1.82, 2.24) is 5.32 Å². The second kappa shape index (κ2) is 10.9. The predicted octanol–water partition coefficient (Wildman–Crippen LogP) is 5.77. The normalized spacial score (nSPS) is 14.7. The largest absolute Gasteiger partial charge is 0.493 e. The molecule has 1 saturated heterocycles. The van der Waals surface area contributed by atoms with E-state index in [0.717, 1.165) is 21.6 Å². The molecule has 7 nitrogen and oxygen atoms in total. The number of hydrogen-bond acceptors (Lipinski definition) is 5. The van der Waals surface area contributed by atoms with Crippen molar-refractivity contribution in [1.29, 1.82) is 0 Å². The second-order valence-electron chi connectivity index (χ2n) is 8.68. The van der Waals surface area contributed by atoms with Crippen molar-refractivity contribution in [3.05, 3.63) is 93.0 Å². The van der Waals surface area contributed by atoms with E-state index in [0.29, 0.717) is 29.2 Å². The van der Waals surface area contributed by atoms with Gasteiger partial charge in [0.15, 0.2) is 11.5 Å². The monoisotopic (exact) mass is 518 g/mol. The van der Waals surface area contributed by atoms with Gasteiger partial charge in [-0.15, -0.1) is 0 Å². The Hall–Kier alpha value is -4.10. The van der Waals surface area contributed by atoms with Crippen LogP contribution < -0.4 is 19.7 Å². The van der Waals surface area contributed by atoms with Gasteiger partial charge in [0.05, 0.1) is 17.8 Å². The maximum atomic E-state index is 13.3. The first-order valence-corrected chi connectivity index (χ1v) is 12.2. The van der Waals surface area contributed by atoms with Crippen LogP contribution in [-0.2, 0) is 22.6 Å². The van der Waals surface area contributed by atoms with Gasteiger partial charge in [-0.1, -0.05) is 54.9 Å². The second-order valence-corrected chi connectivity index (χ2v) is 9.09. The molecule has 190 valence electrons. The molecule has 0 saturated carbocycles. The van der Waals surface area contributed by atoms with E-state index in [2.05, 4.69) is 5.32 Å². The first-order valence-electron chi connectivity index (χ1n) is 11.8. The number of aryl methyl sites for hydroxylation is 3. The van der Waals surface area contributed by atoms with Gasteiger partial charge in [-0.2, -0.15) is 0 Å². The average molecular weight is 519 g/mol. The highest BCUT2D eigenvalue weighted by molar-refractivity contribution is 6.39. The number of methoxy groups -OCH3 is 1. The van der Waals surface area contributed by atoms with E-state index < -0.39 is 17.8 Å². The first-order chi connectivity index (χ1) is 17.7. The summed E-state index contributed by atoms with van der Waals surface area (Å²) in [5.74, 6) is -0.820. The molecule has 4 rings (SSSR count). The SMILES string of the molecule is CCc1ccccc1N1C(=O)NC(=O)/C(=C/c2cc(Cl)c(OCc3ccc(C)c(C)c3)c(OC)c2)C1=O. The molecule has 1 heterocycles. The van der Waals surface area contributed by atoms with E-state index in [1.165, 1.54) is 18.7 Å². The Bertz CT molecular complexity index is 1430. The van der Waals surface area contributed by atoms with Gasteiger partial charge in [0.2, 0.25) is 0 Å². The van der Waals surface area contributed by atoms with Gasteiger partial charge in [0, 0.05) is 0 Å². The maximum Gasteiger partial charge on any atom is 0.335 e. The molecule has 4 amide bonds. The Morgan fingerprint density at radius 3 is 2.46 bits per heavy atom. The first kappa shape index (κ1) is 26.0. The molecule has 0 aliphatic carbocycles. The van der Waals surface area contributed by atoms with Crippen molar-refractivity contribution in [2.24, 2.45) is 0 Å². The van der Waals surface area contributed by atoms with Crippen LogP contribution in [0.3, 0.4) is 0 Å². The fraction of sp³-hybridized carbons (Fsp3) is 0.207. The van der Waals surface area contributed by atoms with Gasteiger partial charge in [0.25, 0.3) is 11.8 Å². The number of hydrogen-bond donors (Lipinski definition) is 1. The summed E-state index contributed by atoms with van der Waals surface area (Å²) in [7, 11) is 1.48. The van der Waals surface area contributed by atoms with E-state index in [9.17, 15) is 14.4 Å². The number of carbonyl (C=O) groups excluding carboxylic acids is 3. The molecule has 1 fully saturated rings. The van der Waals surface area contributed by atoms with Gasteiger partial charge in [-0.05, 0) is 72.4 Å². The van der Waals surface area contributed by atoms with Gasteiger partial charge in [-0.25, -0.2) is 9.69 Å². The number of benzene rings is 3. The minimum absolute atomic E-state index is 0.201. The van der Waals surface area contributed by atoms with Crippen LogP contribution >= 0.6 is 11.6 Å². The van der Waals surface area contributed by atoms with Gasteiger partial charge >= 0.3 is 6.03 Å². The summed E-state index contributed by atoms with van der Waals surface area (Å²) in [6.07, 6.45) is 1.99. The molecule has 1 N–H and O–H groups in total. The smallest absolute Gasteiger partial charge is 0.335 e. The third-order valence-corrected chi connectivity index (χ3v) is 6.51. The fourth-order valence-corrected chi connectivity index (χ4v) is 4.36. The van der Waals surface area contributed by atoms with Crippen LogP contribution in [0.25, 0.3) is 6.08 Å². The van der Waals surface area contributed by atoms with Crippen molar-refractivity contribution in [3.63, 3.8) is 0 Å². The summed E-state index contributed by atoms with van der Waals surface area (Å²) in [5, 5.41) is 2.50. The summed E-state index contributed by atoms with van der Waals surface area (Å²) >= 11 is 6.53. The zero-order chi connectivity index (χ0) is 26.7. The van der Waals surface area contributed by atoms with Crippen LogP contribution in [0.5, 0.6) is 11.5 Å². The highest BCUT2D eigenvalue weighted by Crippen LogP contribution is 2.38. The molecule has 0 unspecified atom stereocenters. The molecular formula is C29H27ClN2O5. The summed E-state index contributed by atoms with van der Waals surface area (Å²) in [6, 6.07) is 15.5. The molecule has 3 aromatic rings. The molecule has 1 aliphatic rings. The number of barbiturate groups is 1. The van der Waals surface area contributed by atoms with E-state index in [1.54, 1.807) is 24.3 Å². The summed E-state index contributed by atoms with van der Waals surface area (Å²) < 4.78 is 11.5. The Labute approximate surface area is 220 Å². The third-order valence-electron chi connectivity index (χ3n) is 6.23. The van der Waals surface area contributed by atoms with Crippen LogP contribution in [0.15, 0.2) is 60.2 Å². The van der Waals surface area contributed by atoms with Crippen LogP contribution in [0.4, 0.5) is 10.5 Å². The fourth-order valence-electron chi connectivity index (χ4n) is 4.08. The minimum atomic E-state index is -0.793. The van der Waals surface area contributed by atoms with Crippen molar-refractivity contribution in [2.45, 2.75) is 33.8 Å². The van der Waals surface area contributed by atoms with Gasteiger partial charge < -0.3 is 9.47 Å². The molecule has 0 bridgehead atoms. The predicted molar refractivity (Wildman–Crippen MR) is 143 cm³/mol. The molecule has 0 aromatic heterocycles. The number of halogens is 1. The zero-order valence-corrected chi connectivity index (χ0v) is 21.8. The van der Waals surface area contributed by atoms with E-state index >= 15 is 0 Å². The Balaban J connectivity index is 1.65. The lowest BCUT2D eigenvalue weighted by molar-refractivity contribution is -0.122. The minimum Gasteiger partial charge on any atom is -0.493 e. The third kappa shape index (κ3) is 5.37. The Morgan fingerprint density at radius 1 is 1.00 bits per heavy atom. The van der Waals surface area contributed by atoms with Crippen LogP contribution in [0, 0.1) is 13.8 Å². The highest BCUT2D eigenvalue weighted by Gasteiger charge is 2.37. The molecule has 0 atom stereocenters. The molecule has 3 aromatic carbocycles. The zero-order valence-electron chi connectivity index (χ0n) is 21.1. The number of carbonyl (C=O) groups is 3. The lowest BCUT2D eigenvalue weighted by Gasteiger charge is -2.28.